The van der Waals surface area contributed by atoms with Gasteiger partial charge in [0.2, 0.25) is 11.8 Å². The highest BCUT2D eigenvalue weighted by atomic mass is 16.2. The van der Waals surface area contributed by atoms with Gasteiger partial charge in [0, 0.05) is 18.7 Å². The highest BCUT2D eigenvalue weighted by molar-refractivity contribution is 5.98. The maximum absolute atomic E-state index is 12.0. The molecule has 20 heavy (non-hydrogen) atoms. The number of anilines is 1. The number of aryl methyl sites for hydroxylation is 2. The van der Waals surface area contributed by atoms with Gasteiger partial charge in [0.25, 0.3) is 0 Å². The zero-order valence-corrected chi connectivity index (χ0v) is 13.0. The van der Waals surface area contributed by atoms with Crippen LogP contribution in [0, 0.1) is 13.8 Å². The Morgan fingerprint density at radius 3 is 2.45 bits per heavy atom. The average molecular weight is 276 g/mol. The largest absolute Gasteiger partial charge is 0.352 e. The van der Waals surface area contributed by atoms with E-state index in [1.807, 2.05) is 45.9 Å². The van der Waals surface area contributed by atoms with Crippen molar-refractivity contribution >= 4 is 17.5 Å². The third-order valence-electron chi connectivity index (χ3n) is 3.34. The third kappa shape index (κ3) is 4.37. The number of carbonyl (C=O) groups is 2. The number of nitrogens with zero attached hydrogens (tertiary/aromatic N) is 1. The first kappa shape index (κ1) is 16.2. The lowest BCUT2D eigenvalue weighted by molar-refractivity contribution is -0.123. The second-order valence-electron chi connectivity index (χ2n) is 5.27. The van der Waals surface area contributed by atoms with Crippen LogP contribution in [0.2, 0.25) is 0 Å². The van der Waals surface area contributed by atoms with Crippen molar-refractivity contribution < 1.29 is 9.59 Å². The van der Waals surface area contributed by atoms with E-state index in [0.717, 1.165) is 23.2 Å². The van der Waals surface area contributed by atoms with E-state index < -0.39 is 0 Å². The zero-order valence-electron chi connectivity index (χ0n) is 13.0. The normalized spacial score (nSPS) is 11.8. The third-order valence-corrected chi connectivity index (χ3v) is 3.34. The molecule has 1 atom stereocenters. The van der Waals surface area contributed by atoms with Crippen LogP contribution in [0.5, 0.6) is 0 Å². The molecule has 1 aromatic rings. The van der Waals surface area contributed by atoms with Crippen molar-refractivity contribution in [3.8, 4) is 0 Å². The molecule has 1 rings (SSSR count). The summed E-state index contributed by atoms with van der Waals surface area (Å²) in [5.74, 6) is -0.259. The summed E-state index contributed by atoms with van der Waals surface area (Å²) in [6.07, 6.45) is 0.870. The number of carbonyl (C=O) groups excluding carboxylic acids is 2. The lowest BCUT2D eigenvalue weighted by Gasteiger charge is -2.23. The second-order valence-corrected chi connectivity index (χ2v) is 5.27. The fraction of sp³-hybridized carbons (Fsp3) is 0.500. The molecule has 1 N–H and O–H groups in total. The first-order valence-corrected chi connectivity index (χ1v) is 6.99. The summed E-state index contributed by atoms with van der Waals surface area (Å²) in [6.45, 7) is 9.46. The monoisotopic (exact) mass is 276 g/mol. The second kappa shape index (κ2) is 7.08. The van der Waals surface area contributed by atoms with Crippen LogP contribution in [0.3, 0.4) is 0 Å². The van der Waals surface area contributed by atoms with Gasteiger partial charge in [-0.1, -0.05) is 24.6 Å². The minimum absolute atomic E-state index is 0.0591. The van der Waals surface area contributed by atoms with Crippen LogP contribution in [-0.4, -0.2) is 24.4 Å². The van der Waals surface area contributed by atoms with Crippen molar-refractivity contribution in [1.29, 1.82) is 0 Å². The number of amides is 2. The predicted octanol–water partition coefficient (Wildman–Crippen LogP) is 2.57. The van der Waals surface area contributed by atoms with Crippen LogP contribution < -0.4 is 10.2 Å². The average Bonchev–Trinajstić information content (AvgIpc) is 2.36. The molecule has 0 heterocycles. The van der Waals surface area contributed by atoms with Gasteiger partial charge in [-0.2, -0.15) is 0 Å². The summed E-state index contributed by atoms with van der Waals surface area (Å²) in [5, 5.41) is 2.88. The number of hydrogen-bond acceptors (Lipinski definition) is 2. The molecule has 0 aliphatic heterocycles. The Bertz CT molecular complexity index is 497. The van der Waals surface area contributed by atoms with Gasteiger partial charge >= 0.3 is 0 Å². The summed E-state index contributed by atoms with van der Waals surface area (Å²) in [6, 6.07) is 5.97. The van der Waals surface area contributed by atoms with Crippen molar-refractivity contribution in [3.63, 3.8) is 0 Å². The molecule has 4 heteroatoms. The molecule has 1 unspecified atom stereocenters. The van der Waals surface area contributed by atoms with Crippen molar-refractivity contribution in [1.82, 2.24) is 5.32 Å². The zero-order chi connectivity index (χ0) is 15.3. The van der Waals surface area contributed by atoms with E-state index in [4.69, 9.17) is 0 Å². The molecule has 1 aromatic carbocycles. The van der Waals surface area contributed by atoms with Crippen molar-refractivity contribution in [3.05, 3.63) is 29.3 Å². The van der Waals surface area contributed by atoms with Crippen LogP contribution >= 0.6 is 0 Å². The summed E-state index contributed by atoms with van der Waals surface area (Å²) < 4.78 is 0. The Balaban J connectivity index is 2.90. The van der Waals surface area contributed by atoms with Gasteiger partial charge in [0.05, 0.1) is 0 Å². The van der Waals surface area contributed by atoms with Gasteiger partial charge in [-0.25, -0.2) is 0 Å². The lowest BCUT2D eigenvalue weighted by atomic mass is 10.1. The summed E-state index contributed by atoms with van der Waals surface area (Å²) in [7, 11) is 0. The van der Waals surface area contributed by atoms with Crippen molar-refractivity contribution in [2.24, 2.45) is 0 Å². The Labute approximate surface area is 121 Å². The molecule has 0 saturated carbocycles. The minimum Gasteiger partial charge on any atom is -0.352 e. The molecule has 0 saturated heterocycles. The molecule has 0 aromatic heterocycles. The van der Waals surface area contributed by atoms with Crippen LogP contribution in [0.1, 0.15) is 38.3 Å². The van der Waals surface area contributed by atoms with Crippen LogP contribution in [-0.2, 0) is 9.59 Å². The lowest BCUT2D eigenvalue weighted by Crippen LogP contribution is -2.43. The fourth-order valence-electron chi connectivity index (χ4n) is 2.04. The maximum atomic E-state index is 12.0. The molecule has 0 radical (unpaired) electrons. The van der Waals surface area contributed by atoms with E-state index in [9.17, 15) is 9.59 Å². The van der Waals surface area contributed by atoms with E-state index in [-0.39, 0.29) is 24.4 Å². The topological polar surface area (TPSA) is 49.4 Å². The van der Waals surface area contributed by atoms with Crippen molar-refractivity contribution in [2.75, 3.05) is 11.4 Å². The minimum atomic E-state index is -0.130. The SMILES string of the molecule is CCC(C)NC(=O)CN(C(C)=O)c1ccc(C)cc1C. The number of benzene rings is 1. The predicted molar refractivity (Wildman–Crippen MR) is 81.8 cm³/mol. The molecule has 110 valence electrons. The Morgan fingerprint density at radius 1 is 1.30 bits per heavy atom. The van der Waals surface area contributed by atoms with Gasteiger partial charge in [-0.15, -0.1) is 0 Å². The molecular formula is C16H24N2O2. The summed E-state index contributed by atoms with van der Waals surface area (Å²) >= 11 is 0. The maximum Gasteiger partial charge on any atom is 0.240 e. The summed E-state index contributed by atoms with van der Waals surface area (Å²) in [4.78, 5) is 25.3. The van der Waals surface area contributed by atoms with Gasteiger partial charge in [0.1, 0.15) is 6.54 Å². The van der Waals surface area contributed by atoms with Gasteiger partial charge < -0.3 is 10.2 Å². The molecule has 0 aliphatic rings. The quantitative estimate of drug-likeness (QED) is 0.898. The molecule has 0 spiro atoms. The number of nitrogens with one attached hydrogen (secondary N) is 1. The Hall–Kier alpha value is -1.84. The smallest absolute Gasteiger partial charge is 0.240 e. The molecular weight excluding hydrogens is 252 g/mol. The van der Waals surface area contributed by atoms with Crippen LogP contribution in [0.25, 0.3) is 0 Å². The molecule has 0 aliphatic carbocycles. The van der Waals surface area contributed by atoms with E-state index in [1.165, 1.54) is 11.8 Å². The summed E-state index contributed by atoms with van der Waals surface area (Å²) in [5.41, 5.74) is 2.93. The standard InChI is InChI=1S/C16H24N2O2/c1-6-13(4)17-16(20)10-18(14(5)19)15-8-7-11(2)9-12(15)3/h7-9,13H,6,10H2,1-5H3,(H,17,20). The van der Waals surface area contributed by atoms with E-state index in [0.29, 0.717) is 0 Å². The number of rotatable bonds is 5. The molecule has 0 fully saturated rings. The molecule has 0 bridgehead atoms. The van der Waals surface area contributed by atoms with Gasteiger partial charge in [0.15, 0.2) is 0 Å². The first-order chi connectivity index (χ1) is 9.35. The van der Waals surface area contributed by atoms with Crippen LogP contribution in [0.15, 0.2) is 18.2 Å². The Morgan fingerprint density at radius 2 is 1.95 bits per heavy atom. The van der Waals surface area contributed by atoms with E-state index in [1.54, 1.807) is 0 Å². The molecule has 4 nitrogen and oxygen atoms in total. The highest BCUT2D eigenvalue weighted by Crippen LogP contribution is 2.21. The molecule has 2 amide bonds. The van der Waals surface area contributed by atoms with Crippen molar-refractivity contribution in [2.45, 2.75) is 47.1 Å². The number of hydrogen-bond donors (Lipinski definition) is 1. The van der Waals surface area contributed by atoms with Gasteiger partial charge in [-0.3, -0.25) is 9.59 Å². The first-order valence-electron chi connectivity index (χ1n) is 6.99. The highest BCUT2D eigenvalue weighted by Gasteiger charge is 2.18. The Kier molecular flexibility index (Phi) is 5.74. The van der Waals surface area contributed by atoms with Gasteiger partial charge in [-0.05, 0) is 38.8 Å². The van der Waals surface area contributed by atoms with Crippen LogP contribution in [0.4, 0.5) is 5.69 Å². The van der Waals surface area contributed by atoms with E-state index in [2.05, 4.69) is 5.32 Å². The van der Waals surface area contributed by atoms with E-state index >= 15 is 0 Å². The fourth-order valence-corrected chi connectivity index (χ4v) is 2.04.